The third-order valence-electron chi connectivity index (χ3n) is 2.30. The lowest BCUT2D eigenvalue weighted by Gasteiger charge is -2.24. The summed E-state index contributed by atoms with van der Waals surface area (Å²) in [5, 5.41) is 8.92. The minimum absolute atomic E-state index is 0.240. The maximum Gasteiger partial charge on any atom is 0.339 e. The van der Waals surface area contributed by atoms with Gasteiger partial charge in [-0.05, 0) is 12.1 Å². The van der Waals surface area contributed by atoms with Crippen LogP contribution in [0.3, 0.4) is 0 Å². The summed E-state index contributed by atoms with van der Waals surface area (Å²) in [5.74, 6) is 2.36. The first-order valence-electron chi connectivity index (χ1n) is 4.80. The molecule has 1 aromatic rings. The number of aromatic carboxylic acids is 1. The maximum atomic E-state index is 10.9. The molecule has 80 valence electrons. The van der Waals surface area contributed by atoms with E-state index < -0.39 is 5.97 Å². The van der Waals surface area contributed by atoms with Crippen LogP contribution in [0.15, 0.2) is 24.3 Å². The fourth-order valence-electron chi connectivity index (χ4n) is 1.36. The van der Waals surface area contributed by atoms with Crippen LogP contribution < -0.4 is 4.74 Å². The second-order valence-corrected chi connectivity index (χ2v) is 4.59. The molecule has 15 heavy (non-hydrogen) atoms. The first kappa shape index (κ1) is 10.4. The molecule has 1 aromatic carbocycles. The number of para-hydroxylation sites is 1. The zero-order valence-corrected chi connectivity index (χ0v) is 9.00. The molecule has 0 spiro atoms. The summed E-state index contributed by atoms with van der Waals surface area (Å²) in [7, 11) is 0. The highest BCUT2D eigenvalue weighted by atomic mass is 32.2. The van der Waals surface area contributed by atoms with Crippen molar-refractivity contribution in [3.63, 3.8) is 0 Å². The Kier molecular flexibility index (Phi) is 3.16. The lowest BCUT2D eigenvalue weighted by atomic mass is 10.2. The molecular weight excluding hydrogens is 212 g/mol. The summed E-state index contributed by atoms with van der Waals surface area (Å²) in [6.45, 7) is 0.622. The molecule has 0 aliphatic carbocycles. The van der Waals surface area contributed by atoms with Crippen molar-refractivity contribution in [3.05, 3.63) is 29.8 Å². The van der Waals surface area contributed by atoms with Crippen molar-refractivity contribution in [1.29, 1.82) is 0 Å². The van der Waals surface area contributed by atoms with Gasteiger partial charge >= 0.3 is 5.97 Å². The fraction of sp³-hybridized carbons (Fsp3) is 0.364. The van der Waals surface area contributed by atoms with Crippen molar-refractivity contribution >= 4 is 17.7 Å². The molecule has 1 saturated heterocycles. The third-order valence-corrected chi connectivity index (χ3v) is 3.71. The zero-order chi connectivity index (χ0) is 10.7. The first-order valence-corrected chi connectivity index (χ1v) is 5.95. The topological polar surface area (TPSA) is 46.5 Å². The molecule has 1 heterocycles. The number of hydrogen-bond acceptors (Lipinski definition) is 3. The summed E-state index contributed by atoms with van der Waals surface area (Å²) in [6, 6.07) is 6.76. The molecule has 0 aromatic heterocycles. The minimum atomic E-state index is -0.936. The molecule has 3 nitrogen and oxygen atoms in total. The maximum absolute atomic E-state index is 10.9. The molecule has 0 atom stereocenters. The van der Waals surface area contributed by atoms with Crippen LogP contribution in [0.5, 0.6) is 5.75 Å². The quantitative estimate of drug-likeness (QED) is 0.851. The van der Waals surface area contributed by atoms with Gasteiger partial charge in [-0.3, -0.25) is 0 Å². The van der Waals surface area contributed by atoms with Gasteiger partial charge in [-0.25, -0.2) is 4.79 Å². The second kappa shape index (κ2) is 4.57. The van der Waals surface area contributed by atoms with Gasteiger partial charge in [0, 0.05) is 17.4 Å². The van der Waals surface area contributed by atoms with Crippen molar-refractivity contribution in [2.75, 3.05) is 18.1 Å². The van der Waals surface area contributed by atoms with Crippen LogP contribution in [-0.2, 0) is 0 Å². The van der Waals surface area contributed by atoms with Gasteiger partial charge in [-0.15, -0.1) is 0 Å². The molecule has 1 aliphatic heterocycles. The van der Waals surface area contributed by atoms with Crippen LogP contribution in [-0.4, -0.2) is 29.2 Å². The number of thioether (sulfide) groups is 1. The van der Waals surface area contributed by atoms with Crippen molar-refractivity contribution in [3.8, 4) is 5.75 Å². The second-order valence-electron chi connectivity index (χ2n) is 3.52. The van der Waals surface area contributed by atoms with E-state index in [1.165, 1.54) is 0 Å². The van der Waals surface area contributed by atoms with Crippen molar-refractivity contribution in [2.45, 2.75) is 0 Å². The molecule has 0 bridgehead atoms. The summed E-state index contributed by atoms with van der Waals surface area (Å²) in [5.41, 5.74) is 0.240. The van der Waals surface area contributed by atoms with Crippen molar-refractivity contribution in [1.82, 2.24) is 0 Å². The van der Waals surface area contributed by atoms with E-state index >= 15 is 0 Å². The highest BCUT2D eigenvalue weighted by molar-refractivity contribution is 8.00. The summed E-state index contributed by atoms with van der Waals surface area (Å²) in [6.07, 6.45) is 0. The molecule has 0 saturated carbocycles. The molecule has 0 unspecified atom stereocenters. The number of carboxylic acids is 1. The Hall–Kier alpha value is -1.16. The average Bonchev–Trinajstić information content (AvgIpc) is 2.16. The van der Waals surface area contributed by atoms with Crippen LogP contribution >= 0.6 is 11.8 Å². The van der Waals surface area contributed by atoms with Gasteiger partial charge in [0.2, 0.25) is 0 Å². The molecule has 1 N–H and O–H groups in total. The molecule has 0 radical (unpaired) electrons. The number of carboxylic acid groups (broad SMARTS) is 1. The first-order chi connectivity index (χ1) is 7.27. The van der Waals surface area contributed by atoms with Crippen molar-refractivity contribution in [2.24, 2.45) is 5.92 Å². The predicted octanol–water partition coefficient (Wildman–Crippen LogP) is 2.13. The summed E-state index contributed by atoms with van der Waals surface area (Å²) >= 11 is 1.89. The van der Waals surface area contributed by atoms with Crippen LogP contribution in [0.4, 0.5) is 0 Å². The van der Waals surface area contributed by atoms with Crippen LogP contribution in [0, 0.1) is 5.92 Å². The van der Waals surface area contributed by atoms with E-state index in [0.29, 0.717) is 18.3 Å². The molecular formula is C11H12O3S. The number of benzene rings is 1. The van der Waals surface area contributed by atoms with E-state index in [2.05, 4.69) is 0 Å². The van der Waals surface area contributed by atoms with Gasteiger partial charge in [0.15, 0.2) is 0 Å². The van der Waals surface area contributed by atoms with E-state index in [1.807, 2.05) is 11.8 Å². The zero-order valence-electron chi connectivity index (χ0n) is 8.18. The largest absolute Gasteiger partial charge is 0.492 e. The number of hydrogen-bond donors (Lipinski definition) is 1. The number of carbonyl (C=O) groups is 1. The summed E-state index contributed by atoms with van der Waals surface area (Å²) < 4.78 is 5.51. The Morgan fingerprint density at radius 1 is 1.47 bits per heavy atom. The normalized spacial score (nSPS) is 15.7. The molecule has 1 aliphatic rings. The van der Waals surface area contributed by atoms with E-state index in [1.54, 1.807) is 24.3 Å². The fourth-order valence-corrected chi connectivity index (χ4v) is 2.12. The lowest BCUT2D eigenvalue weighted by Crippen LogP contribution is -2.25. The van der Waals surface area contributed by atoms with E-state index in [4.69, 9.17) is 9.84 Å². The monoisotopic (exact) mass is 224 g/mol. The third kappa shape index (κ3) is 2.45. The average molecular weight is 224 g/mol. The molecule has 0 amide bonds. The predicted molar refractivity (Wildman–Crippen MR) is 59.7 cm³/mol. The van der Waals surface area contributed by atoms with Crippen LogP contribution in [0.25, 0.3) is 0 Å². The Morgan fingerprint density at radius 2 is 2.20 bits per heavy atom. The Bertz CT molecular complexity index is 361. The molecule has 4 heteroatoms. The van der Waals surface area contributed by atoms with Crippen molar-refractivity contribution < 1.29 is 14.6 Å². The standard InChI is InChI=1S/C11H12O3S/c12-11(13)9-3-1-2-4-10(9)14-5-8-6-15-7-8/h1-4,8H,5-7H2,(H,12,13). The van der Waals surface area contributed by atoms with Gasteiger partial charge < -0.3 is 9.84 Å². The van der Waals surface area contributed by atoms with E-state index in [9.17, 15) is 4.79 Å². The SMILES string of the molecule is O=C(O)c1ccccc1OCC1CSC1. The lowest BCUT2D eigenvalue weighted by molar-refractivity contribution is 0.0691. The molecule has 2 rings (SSSR count). The number of rotatable bonds is 4. The van der Waals surface area contributed by atoms with Gasteiger partial charge in [0.05, 0.1) is 6.61 Å². The van der Waals surface area contributed by atoms with Gasteiger partial charge in [0.1, 0.15) is 11.3 Å². The Balaban J connectivity index is 2.02. The highest BCUT2D eigenvalue weighted by Gasteiger charge is 2.19. The highest BCUT2D eigenvalue weighted by Crippen LogP contribution is 2.26. The Morgan fingerprint density at radius 3 is 2.80 bits per heavy atom. The van der Waals surface area contributed by atoms with E-state index in [0.717, 1.165) is 11.5 Å². The van der Waals surface area contributed by atoms with Gasteiger partial charge in [-0.2, -0.15) is 11.8 Å². The van der Waals surface area contributed by atoms with Gasteiger partial charge in [-0.1, -0.05) is 12.1 Å². The minimum Gasteiger partial charge on any atom is -0.492 e. The Labute approximate surface area is 92.4 Å². The van der Waals surface area contributed by atoms with Gasteiger partial charge in [0.25, 0.3) is 0 Å². The summed E-state index contributed by atoms with van der Waals surface area (Å²) in [4.78, 5) is 10.9. The number of ether oxygens (including phenoxy) is 1. The molecule has 1 fully saturated rings. The smallest absolute Gasteiger partial charge is 0.339 e. The van der Waals surface area contributed by atoms with E-state index in [-0.39, 0.29) is 5.56 Å². The van der Waals surface area contributed by atoms with Crippen LogP contribution in [0.1, 0.15) is 10.4 Å². The van der Waals surface area contributed by atoms with Crippen LogP contribution in [0.2, 0.25) is 0 Å².